The van der Waals surface area contributed by atoms with Crippen molar-refractivity contribution < 1.29 is 0 Å². The van der Waals surface area contributed by atoms with Crippen LogP contribution in [-0.2, 0) is 12.8 Å². The average molecular weight is 300 g/mol. The number of benzene rings is 2. The third-order valence-corrected chi connectivity index (χ3v) is 5.64. The van der Waals surface area contributed by atoms with Crippen molar-refractivity contribution in [1.82, 2.24) is 0 Å². The molecule has 0 bridgehead atoms. The first-order valence-electron chi connectivity index (χ1n) is 8.63. The molecule has 0 aromatic heterocycles. The van der Waals surface area contributed by atoms with Crippen LogP contribution < -0.4 is 0 Å². The molecule has 4 rings (SSSR count). The lowest BCUT2D eigenvalue weighted by Gasteiger charge is -2.15. The largest absolute Gasteiger partial charge is 0.0759 e. The zero-order chi connectivity index (χ0) is 16.1. The van der Waals surface area contributed by atoms with Crippen LogP contribution in [0, 0.1) is 27.7 Å². The van der Waals surface area contributed by atoms with Gasteiger partial charge in [0, 0.05) is 0 Å². The molecule has 2 aliphatic carbocycles. The van der Waals surface area contributed by atoms with E-state index in [2.05, 4.69) is 64.1 Å². The van der Waals surface area contributed by atoms with Gasteiger partial charge in [0.25, 0.3) is 0 Å². The molecule has 0 N–H and O–H groups in total. The summed E-state index contributed by atoms with van der Waals surface area (Å²) in [5, 5.41) is 0. The highest BCUT2D eigenvalue weighted by atomic mass is 14.3. The quantitative estimate of drug-likeness (QED) is 0.648. The van der Waals surface area contributed by atoms with Crippen LogP contribution in [-0.4, -0.2) is 0 Å². The Morgan fingerprint density at radius 1 is 0.609 bits per heavy atom. The maximum atomic E-state index is 2.45. The molecule has 0 saturated carbocycles. The summed E-state index contributed by atoms with van der Waals surface area (Å²) in [6, 6.07) is 9.09. The number of allylic oxidation sites excluding steroid dienone is 4. The molecule has 0 saturated heterocycles. The van der Waals surface area contributed by atoms with Gasteiger partial charge in [0.1, 0.15) is 0 Å². The average Bonchev–Trinajstić information content (AvgIpc) is 3.14. The van der Waals surface area contributed by atoms with E-state index in [0.29, 0.717) is 0 Å². The Hall–Kier alpha value is -2.08. The number of aryl methyl sites for hydroxylation is 4. The molecule has 23 heavy (non-hydrogen) atoms. The van der Waals surface area contributed by atoms with Gasteiger partial charge in [-0.05, 0) is 103 Å². The zero-order valence-electron chi connectivity index (χ0n) is 14.6. The van der Waals surface area contributed by atoms with E-state index in [1.54, 1.807) is 11.1 Å². The summed E-state index contributed by atoms with van der Waals surface area (Å²) in [6.07, 6.45) is 8.19. The minimum absolute atomic E-state index is 1.08. The Bertz CT molecular complexity index is 802. The number of hydrogen-bond acceptors (Lipinski definition) is 0. The molecule has 2 aromatic rings. The summed E-state index contributed by atoms with van der Waals surface area (Å²) in [6.45, 7) is 8.99. The van der Waals surface area contributed by atoms with Gasteiger partial charge in [0.2, 0.25) is 0 Å². The van der Waals surface area contributed by atoms with E-state index >= 15 is 0 Å². The topological polar surface area (TPSA) is 0 Å². The van der Waals surface area contributed by atoms with Crippen molar-refractivity contribution >= 4 is 11.1 Å². The predicted octanol–water partition coefficient (Wildman–Crippen LogP) is 5.89. The predicted molar refractivity (Wildman–Crippen MR) is 99.8 cm³/mol. The molecule has 116 valence electrons. The van der Waals surface area contributed by atoms with Crippen LogP contribution in [0.25, 0.3) is 11.1 Å². The molecule has 0 amide bonds. The van der Waals surface area contributed by atoms with E-state index in [1.165, 1.54) is 44.5 Å². The Balaban J connectivity index is 1.72. The lowest BCUT2D eigenvalue weighted by molar-refractivity contribution is 1.21. The first-order valence-corrected chi connectivity index (χ1v) is 8.63. The van der Waals surface area contributed by atoms with Gasteiger partial charge in [-0.15, -0.1) is 0 Å². The molecule has 0 fully saturated rings. The van der Waals surface area contributed by atoms with Crippen molar-refractivity contribution in [1.29, 1.82) is 0 Å². The van der Waals surface area contributed by atoms with Gasteiger partial charge in [0.05, 0.1) is 0 Å². The van der Waals surface area contributed by atoms with Crippen LogP contribution in [0.3, 0.4) is 0 Å². The second-order valence-corrected chi connectivity index (χ2v) is 7.15. The fourth-order valence-corrected chi connectivity index (χ4v) is 4.34. The van der Waals surface area contributed by atoms with Crippen molar-refractivity contribution in [2.45, 2.75) is 47.0 Å². The lowest BCUT2D eigenvalue weighted by atomic mass is 9.89. The van der Waals surface area contributed by atoms with Gasteiger partial charge in [-0.3, -0.25) is 0 Å². The molecular formula is C23H24. The van der Waals surface area contributed by atoms with Crippen LogP contribution in [0.2, 0.25) is 0 Å². The van der Waals surface area contributed by atoms with Gasteiger partial charge < -0.3 is 0 Å². The summed E-state index contributed by atoms with van der Waals surface area (Å²) in [5.41, 5.74) is 14.9. The molecule has 2 aliphatic rings. The molecule has 0 aliphatic heterocycles. The third kappa shape index (κ3) is 2.20. The standard InChI is InChI=1S/C23H24/c1-14-5-7-16(3)22-18(9-11-20(14)22)13-19-10-12-21-15(2)6-8-17(4)23(19)21/h5-10H,11-13H2,1-4H3. The Morgan fingerprint density at radius 2 is 1.00 bits per heavy atom. The molecule has 0 radical (unpaired) electrons. The summed E-state index contributed by atoms with van der Waals surface area (Å²) in [4.78, 5) is 0. The number of rotatable bonds is 2. The lowest BCUT2D eigenvalue weighted by Crippen LogP contribution is -1.96. The van der Waals surface area contributed by atoms with E-state index in [0.717, 1.165) is 19.3 Å². The molecule has 0 spiro atoms. The first kappa shape index (κ1) is 14.5. The molecule has 0 heterocycles. The normalized spacial score (nSPS) is 15.3. The third-order valence-electron chi connectivity index (χ3n) is 5.64. The van der Waals surface area contributed by atoms with Crippen molar-refractivity contribution in [3.8, 4) is 0 Å². The van der Waals surface area contributed by atoms with Gasteiger partial charge in [0.15, 0.2) is 0 Å². The first-order chi connectivity index (χ1) is 11.1. The van der Waals surface area contributed by atoms with Gasteiger partial charge in [-0.25, -0.2) is 0 Å². The van der Waals surface area contributed by atoms with Crippen LogP contribution in [0.5, 0.6) is 0 Å². The monoisotopic (exact) mass is 300 g/mol. The highest BCUT2D eigenvalue weighted by Crippen LogP contribution is 2.42. The Morgan fingerprint density at radius 3 is 1.43 bits per heavy atom. The molecule has 0 heteroatoms. The summed E-state index contributed by atoms with van der Waals surface area (Å²) in [5.74, 6) is 0. The van der Waals surface area contributed by atoms with E-state index in [1.807, 2.05) is 0 Å². The van der Waals surface area contributed by atoms with E-state index < -0.39 is 0 Å². The number of hydrogen-bond donors (Lipinski definition) is 0. The molecule has 2 aromatic carbocycles. The van der Waals surface area contributed by atoms with E-state index in [9.17, 15) is 0 Å². The van der Waals surface area contributed by atoms with Crippen molar-refractivity contribution in [2.24, 2.45) is 0 Å². The van der Waals surface area contributed by atoms with Crippen LogP contribution in [0.4, 0.5) is 0 Å². The van der Waals surface area contributed by atoms with Gasteiger partial charge in [-0.1, -0.05) is 36.4 Å². The highest BCUT2D eigenvalue weighted by Gasteiger charge is 2.23. The van der Waals surface area contributed by atoms with Crippen LogP contribution in [0.1, 0.15) is 50.9 Å². The SMILES string of the molecule is Cc1ccc(C)c2c1CC=C2CC1=CCc2c(C)ccc(C)c21. The van der Waals surface area contributed by atoms with Crippen molar-refractivity contribution in [2.75, 3.05) is 0 Å². The Kier molecular flexibility index (Phi) is 3.30. The molecular weight excluding hydrogens is 276 g/mol. The maximum absolute atomic E-state index is 2.45. The molecule has 0 atom stereocenters. The van der Waals surface area contributed by atoms with Crippen molar-refractivity contribution in [3.05, 3.63) is 80.9 Å². The van der Waals surface area contributed by atoms with E-state index in [4.69, 9.17) is 0 Å². The second kappa shape index (κ2) is 5.23. The summed E-state index contributed by atoms with van der Waals surface area (Å²) < 4.78 is 0. The minimum Gasteiger partial charge on any atom is -0.0759 e. The maximum Gasteiger partial charge on any atom is -0.00196 e. The molecule has 0 nitrogen and oxygen atoms in total. The second-order valence-electron chi connectivity index (χ2n) is 7.15. The fourth-order valence-electron chi connectivity index (χ4n) is 4.34. The van der Waals surface area contributed by atoms with Crippen LogP contribution >= 0.6 is 0 Å². The Labute approximate surface area is 139 Å². The van der Waals surface area contributed by atoms with Gasteiger partial charge >= 0.3 is 0 Å². The summed E-state index contributed by atoms with van der Waals surface area (Å²) >= 11 is 0. The smallest absolute Gasteiger partial charge is 0.00196 e. The fraction of sp³-hybridized carbons (Fsp3) is 0.304. The van der Waals surface area contributed by atoms with Crippen LogP contribution in [0.15, 0.2) is 36.4 Å². The molecule has 0 unspecified atom stereocenters. The number of fused-ring (bicyclic) bond motifs is 2. The van der Waals surface area contributed by atoms with Gasteiger partial charge in [-0.2, -0.15) is 0 Å². The summed E-state index contributed by atoms with van der Waals surface area (Å²) in [7, 11) is 0. The van der Waals surface area contributed by atoms with Crippen molar-refractivity contribution in [3.63, 3.8) is 0 Å². The zero-order valence-corrected chi connectivity index (χ0v) is 14.6. The minimum atomic E-state index is 1.08. The highest BCUT2D eigenvalue weighted by molar-refractivity contribution is 5.88. The van der Waals surface area contributed by atoms with E-state index in [-0.39, 0.29) is 0 Å².